The number of hydrogen-bond donors (Lipinski definition) is 1. The molecule has 1 amide bonds. The predicted molar refractivity (Wildman–Crippen MR) is 75.4 cm³/mol. The topological polar surface area (TPSA) is 94.3 Å². The van der Waals surface area contributed by atoms with Gasteiger partial charge in [0.15, 0.2) is 11.5 Å². The Kier molecular flexibility index (Phi) is 3.48. The smallest absolute Gasteiger partial charge is 0.263 e. The van der Waals surface area contributed by atoms with Crippen LogP contribution in [-0.2, 0) is 6.54 Å². The van der Waals surface area contributed by atoms with Crippen molar-refractivity contribution in [3.05, 3.63) is 34.0 Å². The standard InChI is InChI=1S/C12H12N6O2S/c1-7-11(21-6-14-7)12(19)13-5-9-16-15-8-3-4-10(20-2)17-18(8)9/h3-4,6H,5H2,1-2H3,(H,13,19). The quantitative estimate of drug-likeness (QED) is 0.767. The summed E-state index contributed by atoms with van der Waals surface area (Å²) >= 11 is 1.30. The monoisotopic (exact) mass is 304 g/mol. The zero-order valence-electron chi connectivity index (χ0n) is 11.4. The minimum Gasteiger partial charge on any atom is -0.480 e. The molecule has 8 nitrogen and oxygen atoms in total. The third kappa shape index (κ3) is 2.55. The Morgan fingerprint density at radius 1 is 1.43 bits per heavy atom. The number of ether oxygens (including phenoxy) is 1. The van der Waals surface area contributed by atoms with Crippen LogP contribution in [0.4, 0.5) is 0 Å². The molecule has 3 heterocycles. The van der Waals surface area contributed by atoms with Crippen LogP contribution in [0.3, 0.4) is 0 Å². The first-order chi connectivity index (χ1) is 10.2. The van der Waals surface area contributed by atoms with E-state index in [1.807, 2.05) is 0 Å². The van der Waals surface area contributed by atoms with Gasteiger partial charge in [0, 0.05) is 6.07 Å². The van der Waals surface area contributed by atoms with Crippen molar-refractivity contribution < 1.29 is 9.53 Å². The first-order valence-electron chi connectivity index (χ1n) is 6.12. The molecule has 0 aliphatic heterocycles. The van der Waals surface area contributed by atoms with Crippen LogP contribution in [0.25, 0.3) is 5.65 Å². The van der Waals surface area contributed by atoms with Crippen molar-refractivity contribution >= 4 is 22.9 Å². The molecule has 0 spiro atoms. The molecule has 1 N–H and O–H groups in total. The molecule has 3 rings (SSSR count). The van der Waals surface area contributed by atoms with E-state index in [9.17, 15) is 4.79 Å². The maximum absolute atomic E-state index is 12.0. The van der Waals surface area contributed by atoms with E-state index in [0.29, 0.717) is 27.9 Å². The summed E-state index contributed by atoms with van der Waals surface area (Å²) in [7, 11) is 1.53. The SMILES string of the molecule is COc1ccc2nnc(CNC(=O)c3scnc3C)n2n1. The third-order valence-electron chi connectivity index (χ3n) is 2.87. The van der Waals surface area contributed by atoms with Crippen molar-refractivity contribution in [2.75, 3.05) is 7.11 Å². The largest absolute Gasteiger partial charge is 0.480 e. The number of aryl methyl sites for hydroxylation is 1. The lowest BCUT2D eigenvalue weighted by molar-refractivity contribution is 0.0953. The highest BCUT2D eigenvalue weighted by Crippen LogP contribution is 2.12. The number of fused-ring (bicyclic) bond motifs is 1. The zero-order valence-corrected chi connectivity index (χ0v) is 12.2. The van der Waals surface area contributed by atoms with Gasteiger partial charge < -0.3 is 10.1 Å². The number of rotatable bonds is 4. The Morgan fingerprint density at radius 2 is 2.29 bits per heavy atom. The molecule has 9 heteroatoms. The second kappa shape index (κ2) is 5.44. The summed E-state index contributed by atoms with van der Waals surface area (Å²) in [6.07, 6.45) is 0. The minimum atomic E-state index is -0.186. The maximum Gasteiger partial charge on any atom is 0.263 e. The second-order valence-corrected chi connectivity index (χ2v) is 5.07. The first kappa shape index (κ1) is 13.4. The molecule has 0 fully saturated rings. The molecular formula is C12H12N6O2S. The van der Waals surface area contributed by atoms with Crippen LogP contribution in [0.2, 0.25) is 0 Å². The van der Waals surface area contributed by atoms with E-state index in [-0.39, 0.29) is 12.5 Å². The van der Waals surface area contributed by atoms with Crippen LogP contribution >= 0.6 is 11.3 Å². The number of carbonyl (C=O) groups is 1. The number of methoxy groups -OCH3 is 1. The van der Waals surface area contributed by atoms with Gasteiger partial charge in [-0.2, -0.15) is 4.52 Å². The Balaban J connectivity index is 1.79. The molecule has 0 atom stereocenters. The molecule has 0 saturated heterocycles. The van der Waals surface area contributed by atoms with Gasteiger partial charge in [-0.15, -0.1) is 26.6 Å². The summed E-state index contributed by atoms with van der Waals surface area (Å²) < 4.78 is 6.61. The fraction of sp³-hybridized carbons (Fsp3) is 0.250. The van der Waals surface area contributed by atoms with Crippen LogP contribution in [0.1, 0.15) is 21.2 Å². The molecule has 0 radical (unpaired) electrons. The highest BCUT2D eigenvalue weighted by atomic mass is 32.1. The number of amides is 1. The minimum absolute atomic E-state index is 0.186. The number of hydrogen-bond acceptors (Lipinski definition) is 7. The number of thiazole rings is 1. The summed E-state index contributed by atoms with van der Waals surface area (Å²) in [5.74, 6) is 0.794. The van der Waals surface area contributed by atoms with Crippen LogP contribution in [0.15, 0.2) is 17.6 Å². The number of aromatic nitrogens is 5. The number of nitrogens with zero attached hydrogens (tertiary/aromatic N) is 5. The van der Waals surface area contributed by atoms with Gasteiger partial charge in [-0.3, -0.25) is 4.79 Å². The van der Waals surface area contributed by atoms with Crippen molar-refractivity contribution in [3.63, 3.8) is 0 Å². The van der Waals surface area contributed by atoms with E-state index in [1.54, 1.807) is 29.1 Å². The first-order valence-corrected chi connectivity index (χ1v) is 7.00. The lowest BCUT2D eigenvalue weighted by Gasteiger charge is -2.03. The average molecular weight is 304 g/mol. The molecule has 0 unspecified atom stereocenters. The lowest BCUT2D eigenvalue weighted by Crippen LogP contribution is -2.24. The molecule has 3 aromatic heterocycles. The summed E-state index contributed by atoms with van der Waals surface area (Å²) in [6.45, 7) is 2.02. The highest BCUT2D eigenvalue weighted by Gasteiger charge is 2.13. The molecule has 21 heavy (non-hydrogen) atoms. The van der Waals surface area contributed by atoms with Gasteiger partial charge in [-0.1, -0.05) is 0 Å². The highest BCUT2D eigenvalue weighted by molar-refractivity contribution is 7.11. The molecule has 0 aliphatic carbocycles. The summed E-state index contributed by atoms with van der Waals surface area (Å²) in [5, 5.41) is 15.0. The normalized spacial score (nSPS) is 10.8. The van der Waals surface area contributed by atoms with Gasteiger partial charge in [-0.25, -0.2) is 4.98 Å². The van der Waals surface area contributed by atoms with Gasteiger partial charge >= 0.3 is 0 Å². The fourth-order valence-electron chi connectivity index (χ4n) is 1.80. The third-order valence-corrected chi connectivity index (χ3v) is 3.80. The molecule has 0 saturated carbocycles. The molecule has 3 aromatic rings. The van der Waals surface area contributed by atoms with Crippen molar-refractivity contribution in [2.24, 2.45) is 0 Å². The number of nitrogens with one attached hydrogen (secondary N) is 1. The van der Waals surface area contributed by atoms with Crippen molar-refractivity contribution in [1.82, 2.24) is 30.1 Å². The summed E-state index contributed by atoms with van der Waals surface area (Å²) in [6, 6.07) is 3.45. The van der Waals surface area contributed by atoms with E-state index >= 15 is 0 Å². The second-order valence-electron chi connectivity index (χ2n) is 4.21. The Hall–Kier alpha value is -2.55. The fourth-order valence-corrected chi connectivity index (χ4v) is 2.51. The van der Waals surface area contributed by atoms with Gasteiger partial charge in [-0.05, 0) is 13.0 Å². The van der Waals surface area contributed by atoms with Crippen LogP contribution in [0.5, 0.6) is 5.88 Å². The maximum atomic E-state index is 12.0. The Bertz CT molecular complexity index is 796. The van der Waals surface area contributed by atoms with Crippen LogP contribution < -0.4 is 10.1 Å². The van der Waals surface area contributed by atoms with E-state index in [0.717, 1.165) is 0 Å². The van der Waals surface area contributed by atoms with Crippen molar-refractivity contribution in [2.45, 2.75) is 13.5 Å². The molecule has 0 bridgehead atoms. The predicted octanol–water partition coefficient (Wildman–Crippen LogP) is 0.828. The Morgan fingerprint density at radius 3 is 3.00 bits per heavy atom. The van der Waals surface area contributed by atoms with Crippen molar-refractivity contribution in [3.8, 4) is 5.88 Å². The zero-order chi connectivity index (χ0) is 14.8. The Labute approximate surface area is 123 Å². The van der Waals surface area contributed by atoms with Gasteiger partial charge in [0.1, 0.15) is 4.88 Å². The average Bonchev–Trinajstić information content (AvgIpc) is 3.10. The van der Waals surface area contributed by atoms with E-state index in [2.05, 4.69) is 25.6 Å². The van der Waals surface area contributed by atoms with E-state index in [1.165, 1.54) is 18.4 Å². The lowest BCUT2D eigenvalue weighted by atomic mass is 10.4. The summed E-state index contributed by atoms with van der Waals surface area (Å²) in [5.41, 5.74) is 2.95. The summed E-state index contributed by atoms with van der Waals surface area (Å²) in [4.78, 5) is 16.7. The molecule has 108 valence electrons. The van der Waals surface area contributed by atoms with Gasteiger partial charge in [0.05, 0.1) is 24.9 Å². The number of carbonyl (C=O) groups excluding carboxylic acids is 1. The molecule has 0 aliphatic rings. The molecular weight excluding hydrogens is 292 g/mol. The van der Waals surface area contributed by atoms with Crippen molar-refractivity contribution in [1.29, 1.82) is 0 Å². The van der Waals surface area contributed by atoms with Gasteiger partial charge in [0.25, 0.3) is 5.91 Å². The van der Waals surface area contributed by atoms with Crippen LogP contribution in [0, 0.1) is 6.92 Å². The van der Waals surface area contributed by atoms with E-state index in [4.69, 9.17) is 4.74 Å². The van der Waals surface area contributed by atoms with Gasteiger partial charge in [0.2, 0.25) is 5.88 Å². The molecule has 0 aromatic carbocycles. The van der Waals surface area contributed by atoms with Crippen LogP contribution in [-0.4, -0.2) is 37.8 Å². The van der Waals surface area contributed by atoms with E-state index < -0.39 is 0 Å².